The van der Waals surface area contributed by atoms with Gasteiger partial charge in [-0.2, -0.15) is 0 Å². The maximum absolute atomic E-state index is 11.9. The van der Waals surface area contributed by atoms with Gasteiger partial charge >= 0.3 is 0 Å². The molecule has 0 radical (unpaired) electrons. The van der Waals surface area contributed by atoms with Crippen molar-refractivity contribution < 1.29 is 14.3 Å². The smallest absolute Gasteiger partial charge is 0.251 e. The fourth-order valence-corrected chi connectivity index (χ4v) is 2.53. The maximum atomic E-state index is 11.9. The number of rotatable bonds is 6. The first-order valence-electron chi connectivity index (χ1n) is 7.26. The molecule has 0 atom stereocenters. The lowest BCUT2D eigenvalue weighted by atomic mass is 10.2. The van der Waals surface area contributed by atoms with E-state index >= 15 is 0 Å². The van der Waals surface area contributed by atoms with Crippen LogP contribution in [0.1, 0.15) is 10.4 Å². The highest BCUT2D eigenvalue weighted by molar-refractivity contribution is 9.10. The van der Waals surface area contributed by atoms with Crippen LogP contribution in [0.4, 0.5) is 0 Å². The molecule has 0 aromatic heterocycles. The van der Waals surface area contributed by atoms with E-state index in [-0.39, 0.29) is 18.4 Å². The van der Waals surface area contributed by atoms with E-state index in [1.54, 1.807) is 18.2 Å². The number of carbonyl (C=O) groups excluding carboxylic acids is 2. The average Bonchev–Trinajstić information content (AvgIpc) is 2.53. The second-order valence-electron chi connectivity index (χ2n) is 5.00. The molecule has 0 spiro atoms. The fourth-order valence-electron chi connectivity index (χ4n) is 2.13. The minimum absolute atomic E-state index is 0.0194. The molecule has 0 aliphatic carbocycles. The maximum Gasteiger partial charge on any atom is 0.251 e. The van der Waals surface area contributed by atoms with Gasteiger partial charge in [-0.15, -0.1) is 0 Å². The number of benzene rings is 1. The summed E-state index contributed by atoms with van der Waals surface area (Å²) in [5.41, 5.74) is 0.524. The van der Waals surface area contributed by atoms with Crippen LogP contribution in [-0.4, -0.2) is 62.7 Å². The summed E-state index contributed by atoms with van der Waals surface area (Å²) in [4.78, 5) is 25.8. The highest BCUT2D eigenvalue weighted by Crippen LogP contribution is 2.11. The molecule has 0 bridgehead atoms. The zero-order chi connectivity index (χ0) is 15.8. The second kappa shape index (κ2) is 8.87. The molecule has 2 N–H and O–H groups in total. The predicted octanol–water partition coefficient (Wildman–Crippen LogP) is 0.627. The molecule has 1 saturated heterocycles. The summed E-state index contributed by atoms with van der Waals surface area (Å²) in [5, 5.41) is 5.41. The highest BCUT2D eigenvalue weighted by atomic mass is 79.9. The fraction of sp³-hybridized carbons (Fsp3) is 0.467. The number of hydrogen-bond acceptors (Lipinski definition) is 4. The molecule has 2 rings (SSSR count). The molecule has 120 valence electrons. The average molecular weight is 370 g/mol. The summed E-state index contributed by atoms with van der Waals surface area (Å²) in [6, 6.07) is 7.04. The molecule has 2 amide bonds. The van der Waals surface area contributed by atoms with Gasteiger partial charge in [-0.3, -0.25) is 14.5 Å². The summed E-state index contributed by atoms with van der Waals surface area (Å²) in [5.74, 6) is -0.443. The lowest BCUT2D eigenvalue weighted by molar-refractivity contribution is -0.120. The Morgan fingerprint density at radius 3 is 2.73 bits per heavy atom. The van der Waals surface area contributed by atoms with Crippen LogP contribution >= 0.6 is 15.9 Å². The lowest BCUT2D eigenvalue weighted by Gasteiger charge is -2.26. The molecule has 1 aromatic rings. The van der Waals surface area contributed by atoms with E-state index in [0.29, 0.717) is 12.1 Å². The minimum Gasteiger partial charge on any atom is -0.379 e. The van der Waals surface area contributed by atoms with Gasteiger partial charge in [-0.25, -0.2) is 0 Å². The third kappa shape index (κ3) is 5.75. The zero-order valence-corrected chi connectivity index (χ0v) is 13.9. The van der Waals surface area contributed by atoms with Crippen molar-refractivity contribution in [3.05, 3.63) is 34.3 Å². The van der Waals surface area contributed by atoms with Crippen molar-refractivity contribution in [3.63, 3.8) is 0 Å². The second-order valence-corrected chi connectivity index (χ2v) is 5.91. The quantitative estimate of drug-likeness (QED) is 0.771. The number of nitrogens with zero attached hydrogens (tertiary/aromatic N) is 1. The van der Waals surface area contributed by atoms with Crippen molar-refractivity contribution >= 4 is 27.7 Å². The summed E-state index contributed by atoms with van der Waals surface area (Å²) < 4.78 is 6.09. The van der Waals surface area contributed by atoms with Crippen LogP contribution in [0.5, 0.6) is 0 Å². The van der Waals surface area contributed by atoms with Crippen LogP contribution in [-0.2, 0) is 9.53 Å². The number of hydrogen-bond donors (Lipinski definition) is 2. The van der Waals surface area contributed by atoms with E-state index in [4.69, 9.17) is 4.74 Å². The Hall–Kier alpha value is -1.44. The van der Waals surface area contributed by atoms with Crippen molar-refractivity contribution in [3.8, 4) is 0 Å². The number of halogens is 1. The lowest BCUT2D eigenvalue weighted by Crippen LogP contribution is -2.43. The van der Waals surface area contributed by atoms with E-state index in [1.165, 1.54) is 0 Å². The topological polar surface area (TPSA) is 70.7 Å². The molecular formula is C15H20BrN3O3. The van der Waals surface area contributed by atoms with Gasteiger partial charge in [-0.1, -0.05) is 22.0 Å². The summed E-state index contributed by atoms with van der Waals surface area (Å²) in [7, 11) is 0. The number of nitrogens with one attached hydrogen (secondary N) is 2. The van der Waals surface area contributed by atoms with Crippen molar-refractivity contribution in [2.24, 2.45) is 0 Å². The normalized spacial score (nSPS) is 15.3. The number of carbonyl (C=O) groups is 2. The Bertz CT molecular complexity index is 519. The first kappa shape index (κ1) is 16.9. The van der Waals surface area contributed by atoms with Gasteiger partial charge in [0, 0.05) is 36.2 Å². The third-order valence-electron chi connectivity index (χ3n) is 3.35. The largest absolute Gasteiger partial charge is 0.379 e. The molecule has 1 aromatic carbocycles. The van der Waals surface area contributed by atoms with Gasteiger partial charge in [0.25, 0.3) is 5.91 Å². The van der Waals surface area contributed by atoms with Gasteiger partial charge in [0.1, 0.15) is 0 Å². The van der Waals surface area contributed by atoms with Crippen LogP contribution in [0, 0.1) is 0 Å². The number of amides is 2. The molecule has 0 saturated carbocycles. The SMILES string of the molecule is O=C(CNC(=O)c1cccc(Br)c1)NCCN1CCOCC1. The van der Waals surface area contributed by atoms with Gasteiger partial charge in [-0.05, 0) is 18.2 Å². The Labute approximate surface area is 138 Å². The molecule has 1 heterocycles. The molecular weight excluding hydrogens is 350 g/mol. The Kier molecular flexibility index (Phi) is 6.82. The zero-order valence-electron chi connectivity index (χ0n) is 12.3. The first-order chi connectivity index (χ1) is 10.6. The molecule has 22 heavy (non-hydrogen) atoms. The molecule has 7 heteroatoms. The minimum atomic E-state index is -0.260. The van der Waals surface area contributed by atoms with E-state index in [1.807, 2.05) is 6.07 Å². The molecule has 1 aliphatic rings. The summed E-state index contributed by atoms with van der Waals surface area (Å²) in [6.45, 7) is 4.65. The summed E-state index contributed by atoms with van der Waals surface area (Å²) >= 11 is 3.31. The monoisotopic (exact) mass is 369 g/mol. The van der Waals surface area contributed by atoms with Crippen molar-refractivity contribution in [2.45, 2.75) is 0 Å². The predicted molar refractivity (Wildman–Crippen MR) is 86.7 cm³/mol. The van der Waals surface area contributed by atoms with Crippen LogP contribution in [0.15, 0.2) is 28.7 Å². The van der Waals surface area contributed by atoms with Crippen molar-refractivity contribution in [1.29, 1.82) is 0 Å². The van der Waals surface area contributed by atoms with E-state index in [9.17, 15) is 9.59 Å². The summed E-state index contributed by atoms with van der Waals surface area (Å²) in [6.07, 6.45) is 0. The van der Waals surface area contributed by atoms with Gasteiger partial charge in [0.05, 0.1) is 19.8 Å². The van der Waals surface area contributed by atoms with Crippen molar-refractivity contribution in [1.82, 2.24) is 15.5 Å². The van der Waals surface area contributed by atoms with Gasteiger partial charge in [0.2, 0.25) is 5.91 Å². The van der Waals surface area contributed by atoms with Crippen molar-refractivity contribution in [2.75, 3.05) is 45.9 Å². The van der Waals surface area contributed by atoms with Gasteiger partial charge in [0.15, 0.2) is 0 Å². The van der Waals surface area contributed by atoms with E-state index < -0.39 is 0 Å². The van der Waals surface area contributed by atoms with Gasteiger partial charge < -0.3 is 15.4 Å². The standard InChI is InChI=1S/C15H20BrN3O3/c16-13-3-1-2-12(10-13)15(21)18-11-14(20)17-4-5-19-6-8-22-9-7-19/h1-3,10H,4-9,11H2,(H,17,20)(H,18,21). The Balaban J connectivity index is 1.63. The third-order valence-corrected chi connectivity index (χ3v) is 3.84. The highest BCUT2D eigenvalue weighted by Gasteiger charge is 2.11. The van der Waals surface area contributed by atoms with Crippen LogP contribution < -0.4 is 10.6 Å². The van der Waals surface area contributed by atoms with E-state index in [0.717, 1.165) is 37.3 Å². The Morgan fingerprint density at radius 2 is 2.00 bits per heavy atom. The van der Waals surface area contributed by atoms with Crippen LogP contribution in [0.25, 0.3) is 0 Å². The number of morpholine rings is 1. The Morgan fingerprint density at radius 1 is 1.23 bits per heavy atom. The molecule has 6 nitrogen and oxygen atoms in total. The van der Waals surface area contributed by atoms with E-state index in [2.05, 4.69) is 31.5 Å². The molecule has 1 fully saturated rings. The van der Waals surface area contributed by atoms with Crippen LogP contribution in [0.2, 0.25) is 0 Å². The molecule has 1 aliphatic heterocycles. The molecule has 0 unspecified atom stereocenters. The van der Waals surface area contributed by atoms with Crippen LogP contribution in [0.3, 0.4) is 0 Å². The number of ether oxygens (including phenoxy) is 1. The first-order valence-corrected chi connectivity index (χ1v) is 8.05.